The SMILES string of the molecule is CCC1(CC)C/C(=C\C(=O)Nc2cccc3c2OCC(=O)N3C)c2ccc(C(F)(F)F)cc2O1. The molecular formula is C25H25F3N2O4. The molecule has 2 amide bonds. The average Bonchev–Trinajstić information content (AvgIpc) is 2.80. The van der Waals surface area contributed by atoms with E-state index in [1.807, 2.05) is 13.8 Å². The Morgan fingerprint density at radius 3 is 2.62 bits per heavy atom. The number of nitrogens with one attached hydrogen (secondary N) is 1. The van der Waals surface area contributed by atoms with Gasteiger partial charge in [0, 0.05) is 25.1 Å². The number of ether oxygens (including phenoxy) is 2. The highest BCUT2D eigenvalue weighted by Crippen LogP contribution is 2.45. The van der Waals surface area contributed by atoms with Crippen molar-refractivity contribution in [3.8, 4) is 11.5 Å². The van der Waals surface area contributed by atoms with Gasteiger partial charge < -0.3 is 19.7 Å². The zero-order valence-electron chi connectivity index (χ0n) is 19.1. The fraction of sp³-hybridized carbons (Fsp3) is 0.360. The monoisotopic (exact) mass is 474 g/mol. The molecule has 0 fully saturated rings. The Kier molecular flexibility index (Phi) is 6.05. The van der Waals surface area contributed by atoms with Crippen molar-refractivity contribution in [2.75, 3.05) is 23.9 Å². The highest BCUT2D eigenvalue weighted by atomic mass is 19.4. The van der Waals surface area contributed by atoms with Crippen LogP contribution in [-0.4, -0.2) is 31.1 Å². The van der Waals surface area contributed by atoms with E-state index < -0.39 is 23.2 Å². The molecule has 2 aliphatic rings. The van der Waals surface area contributed by atoms with Gasteiger partial charge in [0.25, 0.3) is 5.91 Å². The number of fused-ring (bicyclic) bond motifs is 2. The minimum Gasteiger partial charge on any atom is -0.486 e. The number of alkyl halides is 3. The molecular weight excluding hydrogens is 449 g/mol. The van der Waals surface area contributed by atoms with Gasteiger partial charge in [0.05, 0.1) is 16.9 Å². The summed E-state index contributed by atoms with van der Waals surface area (Å²) in [5.41, 5.74) is 0.474. The average molecular weight is 474 g/mol. The van der Waals surface area contributed by atoms with E-state index in [0.717, 1.165) is 12.1 Å². The molecule has 4 rings (SSSR count). The van der Waals surface area contributed by atoms with Crippen molar-refractivity contribution in [1.82, 2.24) is 0 Å². The van der Waals surface area contributed by atoms with Gasteiger partial charge in [-0.2, -0.15) is 13.2 Å². The van der Waals surface area contributed by atoms with Crippen molar-refractivity contribution < 1.29 is 32.2 Å². The van der Waals surface area contributed by atoms with E-state index in [2.05, 4.69) is 5.32 Å². The summed E-state index contributed by atoms with van der Waals surface area (Å²) in [4.78, 5) is 26.3. The zero-order chi connectivity index (χ0) is 24.7. The van der Waals surface area contributed by atoms with E-state index in [0.29, 0.717) is 47.5 Å². The van der Waals surface area contributed by atoms with Crippen molar-refractivity contribution in [1.29, 1.82) is 0 Å². The Hall–Kier alpha value is -3.49. The molecule has 34 heavy (non-hydrogen) atoms. The molecule has 9 heteroatoms. The van der Waals surface area contributed by atoms with Crippen LogP contribution in [0.1, 0.15) is 44.2 Å². The lowest BCUT2D eigenvalue weighted by Crippen LogP contribution is -2.38. The van der Waals surface area contributed by atoms with Gasteiger partial charge in [-0.3, -0.25) is 9.59 Å². The number of hydrogen-bond acceptors (Lipinski definition) is 4. The third-order valence-electron chi connectivity index (χ3n) is 6.42. The second kappa shape index (κ2) is 8.70. The molecule has 0 aliphatic carbocycles. The zero-order valence-corrected chi connectivity index (χ0v) is 19.1. The van der Waals surface area contributed by atoms with Gasteiger partial charge >= 0.3 is 6.18 Å². The van der Waals surface area contributed by atoms with Gasteiger partial charge in [0.1, 0.15) is 11.4 Å². The number of benzene rings is 2. The lowest BCUT2D eigenvalue weighted by molar-refractivity contribution is -0.137. The van der Waals surface area contributed by atoms with Crippen molar-refractivity contribution in [3.05, 3.63) is 53.6 Å². The Morgan fingerprint density at radius 2 is 1.94 bits per heavy atom. The predicted molar refractivity (Wildman–Crippen MR) is 122 cm³/mol. The second-order valence-corrected chi connectivity index (χ2v) is 8.43. The Balaban J connectivity index is 1.69. The van der Waals surface area contributed by atoms with Crippen LogP contribution in [0.25, 0.3) is 5.57 Å². The quantitative estimate of drug-likeness (QED) is 0.601. The summed E-state index contributed by atoms with van der Waals surface area (Å²) >= 11 is 0. The van der Waals surface area contributed by atoms with Crippen LogP contribution in [0.2, 0.25) is 0 Å². The number of anilines is 2. The summed E-state index contributed by atoms with van der Waals surface area (Å²) in [5, 5.41) is 2.78. The first-order valence-corrected chi connectivity index (χ1v) is 11.0. The van der Waals surface area contributed by atoms with Crippen molar-refractivity contribution in [2.24, 2.45) is 0 Å². The number of amides is 2. The predicted octanol–water partition coefficient (Wildman–Crippen LogP) is 5.42. The molecule has 0 saturated carbocycles. The molecule has 2 aromatic carbocycles. The topological polar surface area (TPSA) is 67.9 Å². The second-order valence-electron chi connectivity index (χ2n) is 8.43. The third kappa shape index (κ3) is 4.34. The van der Waals surface area contributed by atoms with Crippen molar-refractivity contribution >= 4 is 28.8 Å². The summed E-state index contributed by atoms with van der Waals surface area (Å²) in [5.74, 6) is -0.162. The molecule has 2 aliphatic heterocycles. The number of carbonyl (C=O) groups is 2. The Morgan fingerprint density at radius 1 is 1.21 bits per heavy atom. The summed E-state index contributed by atoms with van der Waals surface area (Å²) in [6, 6.07) is 8.41. The Labute approximate surface area is 195 Å². The molecule has 2 heterocycles. The van der Waals surface area contributed by atoms with E-state index in [-0.39, 0.29) is 18.3 Å². The molecule has 2 aromatic rings. The normalized spacial score (nSPS) is 18.0. The van der Waals surface area contributed by atoms with E-state index >= 15 is 0 Å². The molecule has 0 radical (unpaired) electrons. The van der Waals surface area contributed by atoms with E-state index in [4.69, 9.17) is 9.47 Å². The Bertz CT molecular complexity index is 1170. The minimum absolute atomic E-state index is 0.115. The molecule has 180 valence electrons. The van der Waals surface area contributed by atoms with Crippen LogP contribution in [0.15, 0.2) is 42.5 Å². The number of carbonyl (C=O) groups excluding carboxylic acids is 2. The summed E-state index contributed by atoms with van der Waals surface area (Å²) in [6.45, 7) is 3.68. The van der Waals surface area contributed by atoms with Gasteiger partial charge in [-0.25, -0.2) is 0 Å². The highest BCUT2D eigenvalue weighted by Gasteiger charge is 2.38. The van der Waals surface area contributed by atoms with E-state index in [1.165, 1.54) is 17.0 Å². The lowest BCUT2D eigenvalue weighted by atomic mass is 9.83. The molecule has 0 atom stereocenters. The maximum Gasteiger partial charge on any atom is 0.416 e. The van der Waals surface area contributed by atoms with Crippen LogP contribution >= 0.6 is 0 Å². The standard InChI is InChI=1S/C25H25F3N2O4/c1-4-24(5-2)13-15(17-10-9-16(25(26,27)28)12-20(17)34-24)11-21(31)29-18-7-6-8-19-23(18)33-14-22(32)30(19)3/h6-12H,4-5,13-14H2,1-3H3,(H,29,31)/b15-11+. The number of likely N-dealkylation sites (N-methyl/N-ethyl adjacent to an activating group) is 1. The number of rotatable bonds is 4. The number of nitrogens with zero attached hydrogens (tertiary/aromatic N) is 1. The number of halogens is 3. The summed E-state index contributed by atoms with van der Waals surface area (Å²) < 4.78 is 51.4. The third-order valence-corrected chi connectivity index (χ3v) is 6.42. The maximum atomic E-state index is 13.3. The fourth-order valence-electron chi connectivity index (χ4n) is 4.26. The van der Waals surface area contributed by atoms with E-state index in [1.54, 1.807) is 25.2 Å². The smallest absolute Gasteiger partial charge is 0.416 e. The summed E-state index contributed by atoms with van der Waals surface area (Å²) in [7, 11) is 1.63. The maximum absolute atomic E-state index is 13.3. The van der Waals surface area contributed by atoms with Crippen molar-refractivity contribution in [2.45, 2.75) is 44.9 Å². The van der Waals surface area contributed by atoms with Crippen LogP contribution in [0.3, 0.4) is 0 Å². The molecule has 0 bridgehead atoms. The number of para-hydroxylation sites is 1. The summed E-state index contributed by atoms with van der Waals surface area (Å²) in [6.07, 6.45) is -1.59. The molecule has 0 saturated heterocycles. The van der Waals surface area contributed by atoms with Gasteiger partial charge in [-0.15, -0.1) is 0 Å². The van der Waals surface area contributed by atoms with Gasteiger partial charge in [0.2, 0.25) is 5.91 Å². The first-order valence-electron chi connectivity index (χ1n) is 11.0. The van der Waals surface area contributed by atoms with Gasteiger partial charge in [0.15, 0.2) is 12.4 Å². The van der Waals surface area contributed by atoms with Crippen molar-refractivity contribution in [3.63, 3.8) is 0 Å². The van der Waals surface area contributed by atoms with Crippen LogP contribution in [0.5, 0.6) is 11.5 Å². The number of hydrogen-bond donors (Lipinski definition) is 1. The van der Waals surface area contributed by atoms with Crippen LogP contribution < -0.4 is 19.7 Å². The highest BCUT2D eigenvalue weighted by molar-refractivity contribution is 6.07. The minimum atomic E-state index is -4.50. The molecule has 6 nitrogen and oxygen atoms in total. The van der Waals surface area contributed by atoms with E-state index in [9.17, 15) is 22.8 Å². The van der Waals surface area contributed by atoms with Crippen LogP contribution in [0.4, 0.5) is 24.5 Å². The lowest BCUT2D eigenvalue weighted by Gasteiger charge is -2.39. The van der Waals surface area contributed by atoms with Crippen LogP contribution in [0, 0.1) is 0 Å². The van der Waals surface area contributed by atoms with Gasteiger partial charge in [-0.1, -0.05) is 26.0 Å². The molecule has 1 N–H and O–H groups in total. The largest absolute Gasteiger partial charge is 0.486 e. The van der Waals surface area contributed by atoms with Gasteiger partial charge in [-0.05, 0) is 42.7 Å². The first kappa shape index (κ1) is 23.7. The molecule has 0 unspecified atom stereocenters. The molecule has 0 aromatic heterocycles. The fourth-order valence-corrected chi connectivity index (χ4v) is 4.26. The van der Waals surface area contributed by atoms with Crippen LogP contribution in [-0.2, 0) is 15.8 Å². The first-order chi connectivity index (χ1) is 16.1. The molecule has 0 spiro atoms.